The third-order valence-corrected chi connectivity index (χ3v) is 3.75. The summed E-state index contributed by atoms with van der Waals surface area (Å²) in [4.78, 5) is 0.0355. The summed E-state index contributed by atoms with van der Waals surface area (Å²) < 4.78 is 37.7. The van der Waals surface area contributed by atoms with Gasteiger partial charge in [-0.15, -0.1) is 0 Å². The highest BCUT2D eigenvalue weighted by Crippen LogP contribution is 2.24. The van der Waals surface area contributed by atoms with Crippen molar-refractivity contribution in [3.05, 3.63) is 42.0 Å². The van der Waals surface area contributed by atoms with Crippen molar-refractivity contribution in [2.24, 2.45) is 0 Å². The average molecular weight is 284 g/mol. The Kier molecular flexibility index (Phi) is 3.42. The van der Waals surface area contributed by atoms with Crippen molar-refractivity contribution in [1.82, 2.24) is 9.78 Å². The number of aliphatic hydroxyl groups excluding tert-OH is 1. The van der Waals surface area contributed by atoms with Crippen molar-refractivity contribution in [1.29, 1.82) is 0 Å². The van der Waals surface area contributed by atoms with Crippen molar-refractivity contribution in [3.63, 3.8) is 0 Å². The summed E-state index contributed by atoms with van der Waals surface area (Å²) in [5, 5.41) is 13.5. The zero-order valence-electron chi connectivity index (χ0n) is 10.4. The molecule has 0 aliphatic heterocycles. The molecule has 0 unspecified atom stereocenters. The molecule has 102 valence electrons. The first-order chi connectivity index (χ1) is 8.80. The van der Waals surface area contributed by atoms with Crippen molar-refractivity contribution < 1.29 is 17.9 Å². The number of aromatic nitrogens is 2. The van der Waals surface area contributed by atoms with E-state index in [0.29, 0.717) is 5.69 Å². The van der Waals surface area contributed by atoms with Crippen LogP contribution in [0.15, 0.2) is 35.5 Å². The van der Waals surface area contributed by atoms with Gasteiger partial charge in [-0.2, -0.15) is 5.10 Å². The second kappa shape index (κ2) is 4.75. The minimum atomic E-state index is -3.37. The molecule has 19 heavy (non-hydrogen) atoms. The molecule has 1 N–H and O–H groups in total. The lowest BCUT2D eigenvalue weighted by Gasteiger charge is -2.12. The summed E-state index contributed by atoms with van der Waals surface area (Å²) >= 11 is 0. The van der Waals surface area contributed by atoms with Gasteiger partial charge in [-0.25, -0.2) is 17.5 Å². The first-order valence-electron chi connectivity index (χ1n) is 5.52. The van der Waals surface area contributed by atoms with Crippen molar-refractivity contribution in [3.8, 4) is 5.69 Å². The van der Waals surface area contributed by atoms with Gasteiger partial charge < -0.3 is 5.11 Å². The molecular formula is C12H13FN2O3S. The highest BCUT2D eigenvalue weighted by Gasteiger charge is 2.17. The van der Waals surface area contributed by atoms with Gasteiger partial charge in [0, 0.05) is 18.0 Å². The van der Waals surface area contributed by atoms with Gasteiger partial charge in [-0.3, -0.25) is 0 Å². The summed E-state index contributed by atoms with van der Waals surface area (Å²) in [7, 11) is -3.37. The van der Waals surface area contributed by atoms with Crippen molar-refractivity contribution >= 4 is 9.84 Å². The number of nitrogens with zero attached hydrogens (tertiary/aromatic N) is 2. The van der Waals surface area contributed by atoms with Crippen LogP contribution in [-0.2, 0) is 9.84 Å². The van der Waals surface area contributed by atoms with E-state index in [1.54, 1.807) is 6.07 Å². The molecule has 1 atom stereocenters. The van der Waals surface area contributed by atoms with Crippen molar-refractivity contribution in [2.45, 2.75) is 17.9 Å². The van der Waals surface area contributed by atoms with E-state index in [-0.39, 0.29) is 10.5 Å². The summed E-state index contributed by atoms with van der Waals surface area (Å²) in [6.45, 7) is 1.43. The Hall–Kier alpha value is -1.73. The van der Waals surface area contributed by atoms with Crippen LogP contribution in [0.25, 0.3) is 5.69 Å². The monoisotopic (exact) mass is 284 g/mol. The standard InChI is InChI=1S/C12H13FN2O3S/c1-8(16)12-10(13)4-3-5-11(12)15-7-9(6-14-15)19(2,17)18/h3-8,16H,1-2H3/t8-/m0/s1. The number of hydrogen-bond acceptors (Lipinski definition) is 4. The van der Waals surface area contributed by atoms with E-state index >= 15 is 0 Å². The van der Waals surface area contributed by atoms with E-state index in [9.17, 15) is 17.9 Å². The molecule has 0 spiro atoms. The summed E-state index contributed by atoms with van der Waals surface area (Å²) in [5.74, 6) is -0.566. The largest absolute Gasteiger partial charge is 0.389 e. The molecule has 1 aromatic carbocycles. The van der Waals surface area contributed by atoms with Gasteiger partial charge >= 0.3 is 0 Å². The van der Waals surface area contributed by atoms with E-state index in [2.05, 4.69) is 5.10 Å². The molecule has 5 nitrogen and oxygen atoms in total. The molecule has 0 aliphatic rings. The second-order valence-corrected chi connectivity index (χ2v) is 6.26. The minimum Gasteiger partial charge on any atom is -0.389 e. The molecular weight excluding hydrogens is 271 g/mol. The molecule has 0 amide bonds. The first-order valence-corrected chi connectivity index (χ1v) is 7.41. The van der Waals surface area contributed by atoms with Gasteiger partial charge in [0.05, 0.1) is 18.0 Å². The number of rotatable bonds is 3. The summed E-state index contributed by atoms with van der Waals surface area (Å²) in [6.07, 6.45) is 2.51. The highest BCUT2D eigenvalue weighted by atomic mass is 32.2. The van der Waals surface area contributed by atoms with Gasteiger partial charge in [0.25, 0.3) is 0 Å². The fraction of sp³-hybridized carbons (Fsp3) is 0.250. The third-order valence-electron chi connectivity index (χ3n) is 2.68. The molecule has 0 saturated heterocycles. The summed E-state index contributed by atoms with van der Waals surface area (Å²) in [6, 6.07) is 4.26. The average Bonchev–Trinajstić information content (AvgIpc) is 2.76. The number of sulfone groups is 1. The maximum atomic E-state index is 13.7. The van der Waals surface area contributed by atoms with Gasteiger partial charge in [-0.05, 0) is 19.1 Å². The number of hydrogen-bond donors (Lipinski definition) is 1. The molecule has 0 fully saturated rings. The lowest BCUT2D eigenvalue weighted by Crippen LogP contribution is -2.05. The van der Waals surface area contributed by atoms with Crippen molar-refractivity contribution in [2.75, 3.05) is 6.26 Å². The van der Waals surface area contributed by atoms with Crippen LogP contribution in [0.4, 0.5) is 4.39 Å². The predicted molar refractivity (Wildman–Crippen MR) is 67.3 cm³/mol. The van der Waals surface area contributed by atoms with Crippen LogP contribution in [0.2, 0.25) is 0 Å². The molecule has 2 aromatic rings. The highest BCUT2D eigenvalue weighted by molar-refractivity contribution is 7.90. The zero-order chi connectivity index (χ0) is 14.2. The Morgan fingerprint density at radius 1 is 1.42 bits per heavy atom. The first kappa shape index (κ1) is 13.7. The van der Waals surface area contributed by atoms with Crippen LogP contribution < -0.4 is 0 Å². The Bertz CT molecular complexity index is 708. The lowest BCUT2D eigenvalue weighted by atomic mass is 10.1. The number of halogens is 1. The van der Waals surface area contributed by atoms with E-state index < -0.39 is 21.8 Å². The smallest absolute Gasteiger partial charge is 0.178 e. The molecule has 1 aromatic heterocycles. The SMILES string of the molecule is C[C@H](O)c1c(F)cccc1-n1cc(S(C)(=O)=O)cn1. The molecule has 0 radical (unpaired) electrons. The second-order valence-electron chi connectivity index (χ2n) is 4.24. The van der Waals surface area contributed by atoms with Crippen LogP contribution in [0.1, 0.15) is 18.6 Å². The molecule has 0 aliphatic carbocycles. The molecule has 0 saturated carbocycles. The Morgan fingerprint density at radius 3 is 2.63 bits per heavy atom. The normalized spacial score (nSPS) is 13.5. The Labute approximate surface area is 110 Å². The van der Waals surface area contributed by atoms with Gasteiger partial charge in [0.2, 0.25) is 0 Å². The third kappa shape index (κ3) is 2.66. The van der Waals surface area contributed by atoms with E-state index in [1.807, 2.05) is 0 Å². The van der Waals surface area contributed by atoms with Crippen LogP contribution in [0.5, 0.6) is 0 Å². The maximum Gasteiger partial charge on any atom is 0.178 e. The van der Waals surface area contributed by atoms with Gasteiger partial charge in [-0.1, -0.05) is 6.07 Å². The molecule has 7 heteroatoms. The lowest BCUT2D eigenvalue weighted by molar-refractivity contribution is 0.194. The molecule has 0 bridgehead atoms. The van der Waals surface area contributed by atoms with E-state index in [1.165, 1.54) is 36.1 Å². The fourth-order valence-electron chi connectivity index (χ4n) is 1.77. The summed E-state index contributed by atoms with van der Waals surface area (Å²) in [5.41, 5.74) is 0.385. The van der Waals surface area contributed by atoms with Crippen LogP contribution >= 0.6 is 0 Å². The van der Waals surface area contributed by atoms with Crippen LogP contribution in [-0.4, -0.2) is 29.6 Å². The molecule has 1 heterocycles. The number of benzene rings is 1. The fourth-order valence-corrected chi connectivity index (χ4v) is 2.30. The maximum absolute atomic E-state index is 13.7. The van der Waals surface area contributed by atoms with Gasteiger partial charge in [0.1, 0.15) is 10.7 Å². The van der Waals surface area contributed by atoms with E-state index in [0.717, 1.165) is 6.26 Å². The molecule has 2 rings (SSSR count). The zero-order valence-corrected chi connectivity index (χ0v) is 11.2. The quantitative estimate of drug-likeness (QED) is 0.926. The van der Waals surface area contributed by atoms with Crippen LogP contribution in [0.3, 0.4) is 0 Å². The Morgan fingerprint density at radius 2 is 2.11 bits per heavy atom. The number of aliphatic hydroxyl groups is 1. The Balaban J connectivity index is 2.60. The van der Waals surface area contributed by atoms with Crippen LogP contribution in [0, 0.1) is 5.82 Å². The van der Waals surface area contributed by atoms with E-state index in [4.69, 9.17) is 0 Å². The topological polar surface area (TPSA) is 72.2 Å². The van der Waals surface area contributed by atoms with Gasteiger partial charge in [0.15, 0.2) is 9.84 Å². The minimum absolute atomic E-state index is 0.0355. The predicted octanol–water partition coefficient (Wildman–Crippen LogP) is 1.47.